The maximum atomic E-state index is 12.2. The van der Waals surface area contributed by atoms with Crippen LogP contribution in [0.25, 0.3) is 0 Å². The van der Waals surface area contributed by atoms with Gasteiger partial charge in [0.25, 0.3) is 5.91 Å². The number of carbonyl (C=O) groups excluding carboxylic acids is 1. The zero-order valence-electron chi connectivity index (χ0n) is 14.1. The number of ether oxygens (including phenoxy) is 1. The van der Waals surface area contributed by atoms with Gasteiger partial charge in [0.15, 0.2) is 0 Å². The Labute approximate surface area is 146 Å². The summed E-state index contributed by atoms with van der Waals surface area (Å²) in [7, 11) is 0. The third kappa shape index (κ3) is 3.66. The molecule has 1 unspecified atom stereocenters. The van der Waals surface area contributed by atoms with Gasteiger partial charge in [-0.3, -0.25) is 4.79 Å². The Kier molecular flexibility index (Phi) is 4.65. The molecule has 0 spiro atoms. The molecule has 4 heterocycles. The highest BCUT2D eigenvalue weighted by molar-refractivity contribution is 5.92. The van der Waals surface area contributed by atoms with E-state index in [1.54, 1.807) is 12.3 Å². The molecular formula is C18H23N5O2. The molecule has 7 heteroatoms. The summed E-state index contributed by atoms with van der Waals surface area (Å²) in [6, 6.07) is 5.74. The van der Waals surface area contributed by atoms with Gasteiger partial charge < -0.3 is 19.9 Å². The van der Waals surface area contributed by atoms with E-state index in [1.807, 2.05) is 18.3 Å². The van der Waals surface area contributed by atoms with Crippen LogP contribution in [0, 0.1) is 0 Å². The first-order valence-corrected chi connectivity index (χ1v) is 8.89. The standard InChI is InChI=1S/C18H23N5O2/c24-17(16-2-1-7-19-16)21-14-4-9-23(12-14)18-20-8-3-15(22-18)13-5-10-25-11-6-13/h1-3,7-8,13-14,19H,4-6,9-12H2,(H,21,24). The predicted octanol–water partition coefficient (Wildman–Crippen LogP) is 1.71. The second-order valence-corrected chi connectivity index (χ2v) is 6.66. The van der Waals surface area contributed by atoms with Crippen LogP contribution in [0.1, 0.15) is 41.4 Å². The first-order valence-electron chi connectivity index (χ1n) is 8.89. The van der Waals surface area contributed by atoms with Crippen molar-refractivity contribution in [1.82, 2.24) is 20.3 Å². The third-order valence-corrected chi connectivity index (χ3v) is 4.95. The Morgan fingerprint density at radius 2 is 2.16 bits per heavy atom. The van der Waals surface area contributed by atoms with Crippen molar-refractivity contribution in [3.8, 4) is 0 Å². The van der Waals surface area contributed by atoms with Crippen LogP contribution in [0.5, 0.6) is 0 Å². The van der Waals surface area contributed by atoms with Gasteiger partial charge in [-0.05, 0) is 37.5 Å². The van der Waals surface area contributed by atoms with Crippen LogP contribution in [-0.2, 0) is 4.74 Å². The van der Waals surface area contributed by atoms with Gasteiger partial charge in [0.05, 0.1) is 0 Å². The zero-order chi connectivity index (χ0) is 17.1. The van der Waals surface area contributed by atoms with Crippen molar-refractivity contribution < 1.29 is 9.53 Å². The van der Waals surface area contributed by atoms with Crippen molar-refractivity contribution in [1.29, 1.82) is 0 Å². The van der Waals surface area contributed by atoms with Crippen molar-refractivity contribution in [3.05, 3.63) is 42.0 Å². The number of rotatable bonds is 4. The van der Waals surface area contributed by atoms with Crippen LogP contribution in [0.3, 0.4) is 0 Å². The fraction of sp³-hybridized carbons (Fsp3) is 0.500. The largest absolute Gasteiger partial charge is 0.381 e. The van der Waals surface area contributed by atoms with Crippen LogP contribution in [-0.4, -0.2) is 53.2 Å². The second kappa shape index (κ2) is 7.23. The van der Waals surface area contributed by atoms with Gasteiger partial charge >= 0.3 is 0 Å². The van der Waals surface area contributed by atoms with Gasteiger partial charge in [-0.1, -0.05) is 0 Å². The molecule has 0 aromatic carbocycles. The summed E-state index contributed by atoms with van der Waals surface area (Å²) in [4.78, 5) is 26.5. The van der Waals surface area contributed by atoms with E-state index in [1.165, 1.54) is 0 Å². The molecule has 1 atom stereocenters. The van der Waals surface area contributed by atoms with E-state index in [-0.39, 0.29) is 11.9 Å². The van der Waals surface area contributed by atoms with E-state index < -0.39 is 0 Å². The van der Waals surface area contributed by atoms with Gasteiger partial charge in [0.1, 0.15) is 5.69 Å². The summed E-state index contributed by atoms with van der Waals surface area (Å²) in [5, 5.41) is 3.08. The fourth-order valence-electron chi connectivity index (χ4n) is 3.53. The van der Waals surface area contributed by atoms with Gasteiger partial charge in [-0.2, -0.15) is 0 Å². The number of carbonyl (C=O) groups is 1. The van der Waals surface area contributed by atoms with E-state index in [2.05, 4.69) is 20.2 Å². The van der Waals surface area contributed by atoms with E-state index in [0.717, 1.165) is 57.2 Å². The number of amides is 1. The van der Waals surface area contributed by atoms with Gasteiger partial charge in [0.2, 0.25) is 5.95 Å². The average molecular weight is 341 g/mol. The van der Waals surface area contributed by atoms with Gasteiger partial charge in [-0.25, -0.2) is 9.97 Å². The number of H-pyrrole nitrogens is 1. The van der Waals surface area contributed by atoms with Gasteiger partial charge in [0, 0.05) is 56.4 Å². The lowest BCUT2D eigenvalue weighted by Gasteiger charge is -2.23. The van der Waals surface area contributed by atoms with Crippen molar-refractivity contribution in [2.45, 2.75) is 31.2 Å². The molecule has 2 aliphatic rings. The molecule has 7 nitrogen and oxygen atoms in total. The van der Waals surface area contributed by atoms with E-state index >= 15 is 0 Å². The molecule has 2 saturated heterocycles. The van der Waals surface area contributed by atoms with Crippen molar-refractivity contribution in [2.75, 3.05) is 31.2 Å². The maximum Gasteiger partial charge on any atom is 0.267 e. The average Bonchev–Trinajstić information content (AvgIpc) is 3.35. The van der Waals surface area contributed by atoms with Crippen LogP contribution >= 0.6 is 0 Å². The Bertz CT molecular complexity index is 712. The number of nitrogens with one attached hydrogen (secondary N) is 2. The highest BCUT2D eigenvalue weighted by atomic mass is 16.5. The van der Waals surface area contributed by atoms with Crippen molar-refractivity contribution in [3.63, 3.8) is 0 Å². The highest BCUT2D eigenvalue weighted by Gasteiger charge is 2.27. The summed E-state index contributed by atoms with van der Waals surface area (Å²) in [5.74, 6) is 1.16. The predicted molar refractivity (Wildman–Crippen MR) is 93.7 cm³/mol. The summed E-state index contributed by atoms with van der Waals surface area (Å²) < 4.78 is 5.44. The summed E-state index contributed by atoms with van der Waals surface area (Å²) >= 11 is 0. The molecule has 2 aliphatic heterocycles. The monoisotopic (exact) mass is 341 g/mol. The number of anilines is 1. The Balaban J connectivity index is 1.39. The van der Waals surface area contributed by atoms with Crippen LogP contribution in [0.2, 0.25) is 0 Å². The van der Waals surface area contributed by atoms with Gasteiger partial charge in [-0.15, -0.1) is 0 Å². The fourth-order valence-corrected chi connectivity index (χ4v) is 3.53. The Morgan fingerprint density at radius 3 is 2.96 bits per heavy atom. The van der Waals surface area contributed by atoms with E-state index in [4.69, 9.17) is 9.72 Å². The quantitative estimate of drug-likeness (QED) is 0.884. The lowest BCUT2D eigenvalue weighted by atomic mass is 9.96. The molecule has 0 bridgehead atoms. The van der Waals surface area contributed by atoms with E-state index in [0.29, 0.717) is 11.6 Å². The minimum absolute atomic E-state index is 0.0614. The molecule has 132 valence electrons. The second-order valence-electron chi connectivity index (χ2n) is 6.66. The first kappa shape index (κ1) is 16.1. The van der Waals surface area contributed by atoms with Crippen LogP contribution in [0.15, 0.2) is 30.6 Å². The topological polar surface area (TPSA) is 83.1 Å². The number of aromatic amines is 1. The van der Waals surface area contributed by atoms with E-state index in [9.17, 15) is 4.79 Å². The lowest BCUT2D eigenvalue weighted by Crippen LogP contribution is -2.37. The number of hydrogen-bond donors (Lipinski definition) is 2. The number of aromatic nitrogens is 3. The SMILES string of the molecule is O=C(NC1CCN(c2nccc(C3CCOCC3)n2)C1)c1ccc[nH]1. The molecule has 2 aromatic rings. The van der Waals surface area contributed by atoms with Crippen LogP contribution < -0.4 is 10.2 Å². The smallest absolute Gasteiger partial charge is 0.267 e. The molecule has 0 aliphatic carbocycles. The molecule has 0 saturated carbocycles. The minimum Gasteiger partial charge on any atom is -0.381 e. The molecule has 2 fully saturated rings. The molecule has 4 rings (SSSR count). The Hall–Kier alpha value is -2.41. The molecule has 2 aromatic heterocycles. The maximum absolute atomic E-state index is 12.2. The molecule has 1 amide bonds. The summed E-state index contributed by atoms with van der Waals surface area (Å²) in [5.41, 5.74) is 1.70. The Morgan fingerprint density at radius 1 is 1.28 bits per heavy atom. The number of hydrogen-bond acceptors (Lipinski definition) is 5. The summed E-state index contributed by atoms with van der Waals surface area (Å²) in [6.45, 7) is 3.21. The zero-order valence-corrected chi connectivity index (χ0v) is 14.1. The molecular weight excluding hydrogens is 318 g/mol. The molecule has 25 heavy (non-hydrogen) atoms. The highest BCUT2D eigenvalue weighted by Crippen LogP contribution is 2.26. The first-order chi connectivity index (χ1) is 12.3. The van der Waals surface area contributed by atoms with Crippen LogP contribution in [0.4, 0.5) is 5.95 Å². The van der Waals surface area contributed by atoms with Crippen molar-refractivity contribution in [2.24, 2.45) is 0 Å². The summed E-state index contributed by atoms with van der Waals surface area (Å²) in [6.07, 6.45) is 6.54. The third-order valence-electron chi connectivity index (χ3n) is 4.95. The minimum atomic E-state index is -0.0614. The normalized spacial score (nSPS) is 21.4. The molecule has 0 radical (unpaired) electrons. The number of nitrogens with zero attached hydrogens (tertiary/aromatic N) is 3. The molecule has 2 N–H and O–H groups in total. The van der Waals surface area contributed by atoms with Crippen molar-refractivity contribution >= 4 is 11.9 Å². The lowest BCUT2D eigenvalue weighted by molar-refractivity contribution is 0.0845.